The second-order valence-corrected chi connectivity index (χ2v) is 5.35. The van der Waals surface area contributed by atoms with Gasteiger partial charge < -0.3 is 4.74 Å². The predicted molar refractivity (Wildman–Crippen MR) is 89.7 cm³/mol. The Morgan fingerprint density at radius 2 is 2.00 bits per heavy atom. The number of ether oxygens (including phenoxy) is 1. The maximum Gasteiger partial charge on any atom is 0.251 e. The van der Waals surface area contributed by atoms with Gasteiger partial charge in [0.1, 0.15) is 17.4 Å². The average Bonchev–Trinajstić information content (AvgIpc) is 2.53. The van der Waals surface area contributed by atoms with Gasteiger partial charge in [0.25, 0.3) is 6.54 Å². The van der Waals surface area contributed by atoms with Crippen LogP contribution < -0.4 is 4.74 Å². The van der Waals surface area contributed by atoms with Crippen LogP contribution in [0.25, 0.3) is 0 Å². The lowest BCUT2D eigenvalue weighted by atomic mass is 10.2. The minimum Gasteiger partial charge on any atom is -0.489 e. The van der Waals surface area contributed by atoms with Crippen molar-refractivity contribution >= 4 is 22.5 Å². The third kappa shape index (κ3) is 5.21. The van der Waals surface area contributed by atoms with E-state index in [4.69, 9.17) is 4.74 Å². The van der Waals surface area contributed by atoms with Crippen LogP contribution in [0.5, 0.6) is 5.75 Å². The van der Waals surface area contributed by atoms with Crippen LogP contribution in [0.1, 0.15) is 5.56 Å². The Hall–Kier alpha value is -2.34. The van der Waals surface area contributed by atoms with Crippen molar-refractivity contribution < 1.29 is 9.66 Å². The number of benzene rings is 2. The Morgan fingerprint density at radius 1 is 1.23 bits per heavy atom. The van der Waals surface area contributed by atoms with E-state index in [-0.39, 0.29) is 11.5 Å². The van der Waals surface area contributed by atoms with Crippen LogP contribution in [-0.2, 0) is 6.61 Å². The summed E-state index contributed by atoms with van der Waals surface area (Å²) in [5.41, 5.74) is 1.73. The topological polar surface area (TPSA) is 64.7 Å². The van der Waals surface area contributed by atoms with Gasteiger partial charge in [-0.1, -0.05) is 36.4 Å². The average molecular weight is 316 g/mol. The van der Waals surface area contributed by atoms with E-state index in [1.165, 1.54) is 11.8 Å². The molecule has 114 valence electrons. The number of hydrogen-bond donors (Lipinski definition) is 0. The lowest BCUT2D eigenvalue weighted by molar-refractivity contribution is -0.462. The maximum atomic E-state index is 10.6. The van der Waals surface area contributed by atoms with Crippen molar-refractivity contribution in [2.24, 2.45) is 4.99 Å². The molecule has 2 rings (SSSR count). The highest BCUT2D eigenvalue weighted by atomic mass is 32.2. The van der Waals surface area contributed by atoms with Gasteiger partial charge in [-0.2, -0.15) is 0 Å². The largest absolute Gasteiger partial charge is 0.489 e. The first kappa shape index (κ1) is 16.0. The highest BCUT2D eigenvalue weighted by molar-refractivity contribution is 8.13. The zero-order valence-electron chi connectivity index (χ0n) is 12.1. The van der Waals surface area contributed by atoms with E-state index in [1.54, 1.807) is 18.4 Å². The van der Waals surface area contributed by atoms with Gasteiger partial charge in [0.05, 0.1) is 5.69 Å². The summed E-state index contributed by atoms with van der Waals surface area (Å²) in [6.45, 7) is 0.203. The zero-order valence-corrected chi connectivity index (χ0v) is 13.0. The molecular weight excluding hydrogens is 300 g/mol. The van der Waals surface area contributed by atoms with Crippen LogP contribution in [-0.4, -0.2) is 22.8 Å². The second kappa shape index (κ2) is 8.19. The molecule has 0 aromatic heterocycles. The Labute approximate surface area is 133 Å². The smallest absolute Gasteiger partial charge is 0.251 e. The number of nitrogens with zero attached hydrogens (tertiary/aromatic N) is 2. The molecule has 5 nitrogen and oxygen atoms in total. The Bertz CT molecular complexity index is 659. The molecule has 6 heteroatoms. The monoisotopic (exact) mass is 316 g/mol. The highest BCUT2D eigenvalue weighted by Crippen LogP contribution is 2.22. The van der Waals surface area contributed by atoms with Gasteiger partial charge in [-0.3, -0.25) is 10.1 Å². The number of thioether (sulfide) groups is 1. The molecule has 0 amide bonds. The molecule has 0 N–H and O–H groups in total. The number of aliphatic imine (C=N–C) groups is 1. The van der Waals surface area contributed by atoms with Crippen molar-refractivity contribution in [3.63, 3.8) is 0 Å². The Morgan fingerprint density at radius 3 is 2.68 bits per heavy atom. The van der Waals surface area contributed by atoms with E-state index in [9.17, 15) is 10.1 Å². The van der Waals surface area contributed by atoms with Gasteiger partial charge >= 0.3 is 0 Å². The first-order valence-corrected chi connectivity index (χ1v) is 7.90. The van der Waals surface area contributed by atoms with E-state index in [0.717, 1.165) is 5.56 Å². The summed E-state index contributed by atoms with van der Waals surface area (Å²) in [6, 6.07) is 17.1. The summed E-state index contributed by atoms with van der Waals surface area (Å²) in [5, 5.41) is 11.0. The van der Waals surface area contributed by atoms with Gasteiger partial charge in [-0.05, 0) is 24.0 Å². The van der Waals surface area contributed by atoms with Gasteiger partial charge in [-0.25, -0.2) is 4.99 Å². The van der Waals surface area contributed by atoms with Crippen LogP contribution in [0, 0.1) is 10.1 Å². The highest BCUT2D eigenvalue weighted by Gasteiger charge is 2.06. The predicted octanol–water partition coefficient (Wildman–Crippen LogP) is 3.94. The summed E-state index contributed by atoms with van der Waals surface area (Å²) < 4.78 is 5.72. The molecule has 0 fully saturated rings. The van der Waals surface area contributed by atoms with E-state index in [0.29, 0.717) is 23.1 Å². The molecule has 0 atom stereocenters. The number of rotatable bonds is 6. The van der Waals surface area contributed by atoms with Crippen molar-refractivity contribution in [2.75, 3.05) is 12.8 Å². The first-order chi connectivity index (χ1) is 10.7. The third-order valence-corrected chi connectivity index (χ3v) is 3.51. The van der Waals surface area contributed by atoms with Gasteiger partial charge in [-0.15, -0.1) is 11.8 Å². The number of hydrogen-bond acceptors (Lipinski definition) is 5. The lowest BCUT2D eigenvalue weighted by Crippen LogP contribution is -2.09. The summed E-state index contributed by atoms with van der Waals surface area (Å²) in [5.74, 6) is 0.687. The van der Waals surface area contributed by atoms with Gasteiger partial charge in [0, 0.05) is 11.0 Å². The van der Waals surface area contributed by atoms with Crippen molar-refractivity contribution in [1.29, 1.82) is 0 Å². The fourth-order valence-corrected chi connectivity index (χ4v) is 2.21. The van der Waals surface area contributed by atoms with E-state index >= 15 is 0 Å². The fraction of sp³-hybridized carbons (Fsp3) is 0.188. The molecule has 22 heavy (non-hydrogen) atoms. The SMILES string of the molecule is CSC(C[N+](=O)[O-])=Nc1cccc(OCc2ccccc2)c1. The fourth-order valence-electron chi connectivity index (χ4n) is 1.78. The molecule has 0 spiro atoms. The lowest BCUT2D eigenvalue weighted by Gasteiger charge is -2.07. The second-order valence-electron chi connectivity index (χ2n) is 4.47. The molecular formula is C16H16N2O3S. The van der Waals surface area contributed by atoms with E-state index < -0.39 is 0 Å². The molecule has 2 aromatic carbocycles. The summed E-state index contributed by atoms with van der Waals surface area (Å²) in [4.78, 5) is 14.5. The Kier molecular flexibility index (Phi) is 5.97. The van der Waals surface area contributed by atoms with Gasteiger partial charge in [0.2, 0.25) is 0 Å². The van der Waals surface area contributed by atoms with Crippen molar-refractivity contribution in [2.45, 2.75) is 6.61 Å². The molecule has 0 saturated heterocycles. The molecule has 0 aliphatic heterocycles. The summed E-state index contributed by atoms with van der Waals surface area (Å²) in [6.07, 6.45) is 1.78. The Balaban J connectivity index is 2.06. The van der Waals surface area contributed by atoms with Crippen molar-refractivity contribution in [1.82, 2.24) is 0 Å². The maximum absolute atomic E-state index is 10.6. The van der Waals surface area contributed by atoms with Crippen LogP contribution in [0.15, 0.2) is 59.6 Å². The van der Waals surface area contributed by atoms with E-state index in [1.807, 2.05) is 42.5 Å². The summed E-state index contributed by atoms with van der Waals surface area (Å²) in [7, 11) is 0. The number of nitro groups is 1. The molecule has 0 heterocycles. The molecule has 0 aliphatic rings. The van der Waals surface area contributed by atoms with Crippen molar-refractivity contribution in [3.05, 3.63) is 70.3 Å². The van der Waals surface area contributed by atoms with Crippen LogP contribution >= 0.6 is 11.8 Å². The van der Waals surface area contributed by atoms with E-state index in [2.05, 4.69) is 4.99 Å². The molecule has 0 bridgehead atoms. The minimum absolute atomic E-state index is 0.268. The van der Waals surface area contributed by atoms with Crippen LogP contribution in [0.2, 0.25) is 0 Å². The third-order valence-electron chi connectivity index (χ3n) is 2.82. The van der Waals surface area contributed by atoms with Gasteiger partial charge in [0.15, 0.2) is 0 Å². The first-order valence-electron chi connectivity index (χ1n) is 6.67. The minimum atomic E-state index is -0.384. The molecule has 0 saturated carbocycles. The molecule has 2 aromatic rings. The standard InChI is InChI=1S/C16H16N2O3S/c1-22-16(11-18(19)20)17-14-8-5-9-15(10-14)21-12-13-6-3-2-4-7-13/h2-10H,11-12H2,1H3. The van der Waals surface area contributed by atoms with Crippen LogP contribution in [0.4, 0.5) is 5.69 Å². The zero-order chi connectivity index (χ0) is 15.8. The van der Waals surface area contributed by atoms with Crippen molar-refractivity contribution in [3.8, 4) is 5.75 Å². The molecule has 0 radical (unpaired) electrons. The normalized spacial score (nSPS) is 11.2. The quantitative estimate of drug-likeness (QED) is 0.350. The van der Waals surface area contributed by atoms with Crippen LogP contribution in [0.3, 0.4) is 0 Å². The molecule has 0 aliphatic carbocycles. The summed E-state index contributed by atoms with van der Waals surface area (Å²) >= 11 is 1.28. The molecule has 0 unspecified atom stereocenters.